The lowest BCUT2D eigenvalue weighted by molar-refractivity contribution is 0.298. The lowest BCUT2D eigenvalue weighted by Gasteiger charge is -2.46. The number of rotatable bonds is 13. The zero-order valence-electron chi connectivity index (χ0n) is 18.0. The second-order valence-corrected chi connectivity index (χ2v) is 22.0. The first kappa shape index (κ1) is 25.2. The van der Waals surface area contributed by atoms with Crippen molar-refractivity contribution in [3.05, 3.63) is 73.7 Å². The van der Waals surface area contributed by atoms with Crippen molar-refractivity contribution in [2.75, 3.05) is 0 Å². The van der Waals surface area contributed by atoms with E-state index in [1.165, 1.54) is 19.3 Å². The summed E-state index contributed by atoms with van der Waals surface area (Å²) in [7, 11) is -10.1. The van der Waals surface area contributed by atoms with Crippen LogP contribution in [-0.2, 0) is 12.3 Å². The van der Waals surface area contributed by atoms with Gasteiger partial charge in [-0.25, -0.2) is 0 Å². The van der Waals surface area contributed by atoms with Crippen molar-refractivity contribution in [1.82, 2.24) is 0 Å². The van der Waals surface area contributed by atoms with Gasteiger partial charge in [-0.2, -0.15) is 0 Å². The highest BCUT2D eigenvalue weighted by Gasteiger charge is 2.51. The first-order valence-electron chi connectivity index (χ1n) is 10.0. The van der Waals surface area contributed by atoms with Crippen LogP contribution in [0, 0.1) is 0 Å². The Morgan fingerprint density at radius 3 is 1.39 bits per heavy atom. The van der Waals surface area contributed by atoms with Crippen molar-refractivity contribution < 1.29 is 12.3 Å². The third kappa shape index (κ3) is 6.09. The van der Waals surface area contributed by atoms with Crippen molar-refractivity contribution >= 4 is 33.8 Å². The van der Waals surface area contributed by atoms with Crippen LogP contribution in [0.2, 0.25) is 25.2 Å². The molecule has 0 aromatic heterocycles. The zero-order chi connectivity index (χ0) is 21.5. The van der Waals surface area contributed by atoms with Gasteiger partial charge in [0.1, 0.15) is 0 Å². The molecule has 3 nitrogen and oxygen atoms in total. The Morgan fingerprint density at radius 1 is 0.607 bits per heavy atom. The zero-order valence-corrected chi connectivity index (χ0v) is 22.0. The molecule has 1 atom stereocenters. The maximum Gasteiger partial charge on any atom is 0.319 e. The maximum atomic E-state index is 6.90. The Balaban J connectivity index is 3.27. The molecule has 156 valence electrons. The van der Waals surface area contributed by atoms with Crippen LogP contribution in [-0.4, -0.2) is 33.8 Å². The number of hydrogen-bond donors (Lipinski definition) is 0. The van der Waals surface area contributed by atoms with Gasteiger partial charge in [-0.3, -0.25) is 0 Å². The fraction of sp³-hybridized carbons (Fsp3) is 0.429. The third-order valence-corrected chi connectivity index (χ3v) is 21.4. The van der Waals surface area contributed by atoms with Crippen molar-refractivity contribution in [3.8, 4) is 0 Å². The molecule has 1 rings (SSSR count). The van der Waals surface area contributed by atoms with Gasteiger partial charge in [-0.15, -0.1) is 39.5 Å². The van der Waals surface area contributed by atoms with Crippen molar-refractivity contribution in [2.45, 2.75) is 57.3 Å². The highest BCUT2D eigenvalue weighted by Crippen LogP contribution is 2.41. The third-order valence-electron chi connectivity index (χ3n) is 5.51. The molecule has 0 saturated heterocycles. The summed E-state index contributed by atoms with van der Waals surface area (Å²) in [5.74, 6) is 0. The molecular weight excluding hydrogens is 413 g/mol. The summed E-state index contributed by atoms with van der Waals surface area (Å²) in [4.78, 5) is 0. The van der Waals surface area contributed by atoms with E-state index in [1.54, 1.807) is 0 Å². The summed E-state index contributed by atoms with van der Waals surface area (Å²) in [6.07, 6.45) is 5.99. The van der Waals surface area contributed by atoms with E-state index < -0.39 is 33.8 Å². The summed E-state index contributed by atoms with van der Waals surface area (Å²) in [5.41, 5.74) is 11.6. The fourth-order valence-corrected chi connectivity index (χ4v) is 20.8. The van der Waals surface area contributed by atoms with Gasteiger partial charge >= 0.3 is 17.1 Å². The van der Waals surface area contributed by atoms with Gasteiger partial charge < -0.3 is 12.3 Å². The smallest absolute Gasteiger partial charge is 0.319 e. The van der Waals surface area contributed by atoms with Crippen LogP contribution in [0.3, 0.4) is 0 Å². The minimum atomic E-state index is -2.62. The molecule has 0 radical (unpaired) electrons. The second-order valence-electron chi connectivity index (χ2n) is 7.99. The quantitative estimate of drug-likeness (QED) is 0.304. The molecule has 7 heteroatoms. The Hall–Kier alpha value is -0.812. The summed E-state index contributed by atoms with van der Waals surface area (Å²) < 4.78 is 20.3. The van der Waals surface area contributed by atoms with E-state index in [4.69, 9.17) is 12.3 Å². The molecule has 1 saturated carbocycles. The van der Waals surface area contributed by atoms with Crippen molar-refractivity contribution in [3.63, 3.8) is 0 Å². The van der Waals surface area contributed by atoms with Gasteiger partial charge in [0.25, 0.3) is 16.6 Å². The lowest BCUT2D eigenvalue weighted by Crippen LogP contribution is -2.60. The molecule has 0 spiro atoms. The molecular formula is C21H38O3Si4. The molecule has 0 aromatic carbocycles. The average molecular weight is 451 g/mol. The lowest BCUT2D eigenvalue weighted by atomic mass is 10.0. The summed E-state index contributed by atoms with van der Waals surface area (Å²) >= 11 is 0. The maximum absolute atomic E-state index is 6.90. The largest absolute Gasteiger partial charge is 0.427 e. The van der Waals surface area contributed by atoms with Crippen LogP contribution in [0.5, 0.6) is 0 Å². The molecule has 1 fully saturated rings. The Morgan fingerprint density at radius 2 is 1.00 bits per heavy atom. The van der Waals surface area contributed by atoms with Crippen LogP contribution >= 0.6 is 0 Å². The molecule has 0 aromatic rings. The normalized spacial score (nSPS) is 18.5. The van der Waals surface area contributed by atoms with Gasteiger partial charge in [0, 0.05) is 5.54 Å². The fourth-order valence-electron chi connectivity index (χ4n) is 3.85. The first-order valence-corrected chi connectivity index (χ1v) is 19.5. The molecule has 0 amide bonds. The van der Waals surface area contributed by atoms with E-state index >= 15 is 0 Å². The molecule has 1 aliphatic carbocycles. The molecule has 0 N–H and O–H groups in total. The molecule has 1 aliphatic rings. The van der Waals surface area contributed by atoms with Gasteiger partial charge in [-0.1, -0.05) is 53.5 Å². The monoisotopic (exact) mass is 450 g/mol. The van der Waals surface area contributed by atoms with E-state index in [1.807, 2.05) is 34.2 Å². The van der Waals surface area contributed by atoms with Crippen LogP contribution < -0.4 is 0 Å². The van der Waals surface area contributed by atoms with Gasteiger partial charge in [0.05, 0.1) is 0 Å². The molecule has 0 bridgehead atoms. The molecule has 0 heterocycles. The van der Waals surface area contributed by atoms with Gasteiger partial charge in [0.2, 0.25) is 0 Å². The van der Waals surface area contributed by atoms with Crippen molar-refractivity contribution in [1.29, 1.82) is 0 Å². The summed E-state index contributed by atoms with van der Waals surface area (Å²) in [6, 6.07) is 0. The highest BCUT2D eigenvalue weighted by atomic mass is 28.5. The Labute approximate surface area is 176 Å². The highest BCUT2D eigenvalue weighted by molar-refractivity contribution is 6.98. The number of hydrogen-bond acceptors (Lipinski definition) is 3. The minimum Gasteiger partial charge on any atom is -0.427 e. The molecule has 28 heavy (non-hydrogen) atoms. The topological polar surface area (TPSA) is 27.7 Å². The summed E-state index contributed by atoms with van der Waals surface area (Å²) in [6.45, 7) is 30.2. The van der Waals surface area contributed by atoms with Gasteiger partial charge in [-0.05, 0) is 32.5 Å². The predicted octanol–water partition coefficient (Wildman–Crippen LogP) is 6.39. The molecule has 1 unspecified atom stereocenters. The SMILES string of the molecule is C=C[Si](C=C)(C=C)O[Si](C)(C)O[Si](C)(O[Si](C=C)(C=C)C=C)C1CCCCC1. The van der Waals surface area contributed by atoms with Crippen LogP contribution in [0.4, 0.5) is 0 Å². The van der Waals surface area contributed by atoms with E-state index in [0.717, 1.165) is 12.8 Å². The van der Waals surface area contributed by atoms with E-state index in [2.05, 4.69) is 59.1 Å². The van der Waals surface area contributed by atoms with Crippen molar-refractivity contribution in [2.24, 2.45) is 0 Å². The Bertz CT molecular complexity index is 567. The molecule has 0 aliphatic heterocycles. The average Bonchev–Trinajstić information content (AvgIpc) is 2.71. The van der Waals surface area contributed by atoms with Crippen LogP contribution in [0.25, 0.3) is 0 Å². The summed E-state index contributed by atoms with van der Waals surface area (Å²) in [5, 5.41) is 0. The predicted molar refractivity (Wildman–Crippen MR) is 132 cm³/mol. The van der Waals surface area contributed by atoms with Gasteiger partial charge in [0.15, 0.2) is 0 Å². The second kappa shape index (κ2) is 10.3. The van der Waals surface area contributed by atoms with E-state index in [9.17, 15) is 0 Å². The van der Waals surface area contributed by atoms with E-state index in [0.29, 0.717) is 5.54 Å². The first-order chi connectivity index (χ1) is 13.1. The standard InChI is InChI=1S/C21H38O3Si4/c1-10-27(11-2,12-3)23-25(7,8)22-26(9,21-19-17-16-18-20-21)24-28(13-4,14-5)15-6/h10-15,21H,1-6,16-20H2,7-9H3. The van der Waals surface area contributed by atoms with Crippen LogP contribution in [0.1, 0.15) is 32.1 Å². The van der Waals surface area contributed by atoms with Crippen LogP contribution in [0.15, 0.2) is 73.7 Å². The Kier molecular flexibility index (Phi) is 9.27. The minimum absolute atomic E-state index is 0.426. The van der Waals surface area contributed by atoms with E-state index in [-0.39, 0.29) is 0 Å².